The van der Waals surface area contributed by atoms with E-state index in [1.165, 1.54) is 0 Å². The molecule has 0 aliphatic carbocycles. The van der Waals surface area contributed by atoms with Crippen molar-refractivity contribution in [3.8, 4) is 0 Å². The molecule has 0 amide bonds. The van der Waals surface area contributed by atoms with Crippen LogP contribution in [0.15, 0.2) is 35.2 Å². The summed E-state index contributed by atoms with van der Waals surface area (Å²) < 4.78 is 60.9. The minimum absolute atomic E-state index is 0.232. The molecule has 4 rings (SSSR count). The lowest BCUT2D eigenvalue weighted by Crippen LogP contribution is -2.45. The van der Waals surface area contributed by atoms with Crippen LogP contribution in [0.3, 0.4) is 0 Å². The molecule has 3 aliphatic rings. The summed E-state index contributed by atoms with van der Waals surface area (Å²) in [6.45, 7) is 7.96. The second-order valence-corrected chi connectivity index (χ2v) is 10.5. The van der Waals surface area contributed by atoms with Crippen molar-refractivity contribution < 1.29 is 36.8 Å². The van der Waals surface area contributed by atoms with E-state index in [9.17, 15) is 8.42 Å². The molecule has 3 saturated heterocycles. The van der Waals surface area contributed by atoms with E-state index in [1.807, 2.05) is 27.7 Å². The average Bonchev–Trinajstić information content (AvgIpc) is 3.31. The van der Waals surface area contributed by atoms with Gasteiger partial charge >= 0.3 is 0 Å². The van der Waals surface area contributed by atoms with Crippen LogP contribution in [0.2, 0.25) is 0 Å². The average molecular weight is 429 g/mol. The lowest BCUT2D eigenvalue weighted by Gasteiger charge is -2.27. The third kappa shape index (κ3) is 4.66. The van der Waals surface area contributed by atoms with E-state index >= 15 is 0 Å². The second-order valence-electron chi connectivity index (χ2n) is 8.46. The van der Waals surface area contributed by atoms with E-state index in [0.717, 1.165) is 0 Å². The van der Waals surface area contributed by atoms with Gasteiger partial charge in [0.25, 0.3) is 0 Å². The Morgan fingerprint density at radius 1 is 0.862 bits per heavy atom. The highest BCUT2D eigenvalue weighted by atomic mass is 32.2. The molecule has 0 aromatic heterocycles. The monoisotopic (exact) mass is 428 g/mol. The molecule has 0 bridgehead atoms. The largest absolute Gasteiger partial charge is 0.348 e. The molecular formula is C20H28O8S. The number of ether oxygens (including phenoxy) is 6. The third-order valence-corrected chi connectivity index (χ3v) is 6.89. The predicted molar refractivity (Wildman–Crippen MR) is 102 cm³/mol. The van der Waals surface area contributed by atoms with Crippen LogP contribution in [-0.4, -0.2) is 69.7 Å². The zero-order valence-electron chi connectivity index (χ0n) is 17.1. The third-order valence-electron chi connectivity index (χ3n) is 5.19. The Kier molecular flexibility index (Phi) is 5.52. The SMILES string of the molecule is CC1(C)OCC([C@@H]2OC(CS(=O)(=O)c3ccccc3)O[C@H]2C2COC(C)(C)O2)O1. The number of hydrogen-bond acceptors (Lipinski definition) is 8. The van der Waals surface area contributed by atoms with Gasteiger partial charge in [-0.3, -0.25) is 0 Å². The van der Waals surface area contributed by atoms with Crippen molar-refractivity contribution in [2.45, 2.75) is 74.9 Å². The van der Waals surface area contributed by atoms with Crippen molar-refractivity contribution in [3.63, 3.8) is 0 Å². The van der Waals surface area contributed by atoms with Gasteiger partial charge in [0.2, 0.25) is 0 Å². The van der Waals surface area contributed by atoms with Gasteiger partial charge in [0.1, 0.15) is 30.2 Å². The van der Waals surface area contributed by atoms with Crippen molar-refractivity contribution in [2.75, 3.05) is 19.0 Å². The molecule has 9 heteroatoms. The highest BCUT2D eigenvalue weighted by Gasteiger charge is 2.53. The molecule has 3 fully saturated rings. The van der Waals surface area contributed by atoms with Crippen LogP contribution >= 0.6 is 0 Å². The summed E-state index contributed by atoms with van der Waals surface area (Å²) in [7, 11) is -3.58. The molecule has 0 radical (unpaired) electrons. The number of sulfone groups is 1. The standard InChI is InChI=1S/C20H28O8S/c1-19(2)23-10-14(27-19)17-18(15-11-24-20(3,4)28-15)26-16(25-17)12-29(21,22)13-8-6-5-7-9-13/h5-9,14-18H,10-12H2,1-4H3/t14?,15?,16?,17-,18-/m0/s1. The lowest BCUT2D eigenvalue weighted by atomic mass is 10.0. The van der Waals surface area contributed by atoms with Crippen molar-refractivity contribution in [1.29, 1.82) is 0 Å². The maximum absolute atomic E-state index is 12.8. The molecule has 1 aromatic carbocycles. The molecule has 1 aromatic rings. The molecule has 3 heterocycles. The minimum atomic E-state index is -3.58. The van der Waals surface area contributed by atoms with Gasteiger partial charge in [0.15, 0.2) is 27.7 Å². The predicted octanol–water partition coefficient (Wildman–Crippen LogP) is 1.87. The fraction of sp³-hybridized carbons (Fsp3) is 0.700. The smallest absolute Gasteiger partial charge is 0.183 e. The molecular weight excluding hydrogens is 400 g/mol. The topological polar surface area (TPSA) is 89.5 Å². The lowest BCUT2D eigenvalue weighted by molar-refractivity contribution is -0.165. The Morgan fingerprint density at radius 3 is 1.76 bits per heavy atom. The number of hydrogen-bond donors (Lipinski definition) is 0. The van der Waals surface area contributed by atoms with Gasteiger partial charge < -0.3 is 28.4 Å². The van der Waals surface area contributed by atoms with Gasteiger partial charge in [-0.1, -0.05) is 18.2 Å². The molecule has 8 nitrogen and oxygen atoms in total. The van der Waals surface area contributed by atoms with Crippen molar-refractivity contribution in [3.05, 3.63) is 30.3 Å². The van der Waals surface area contributed by atoms with Crippen molar-refractivity contribution in [2.24, 2.45) is 0 Å². The Hall–Kier alpha value is -1.07. The first-order valence-corrected chi connectivity index (χ1v) is 11.4. The van der Waals surface area contributed by atoms with Crippen LogP contribution in [0.5, 0.6) is 0 Å². The van der Waals surface area contributed by atoms with Gasteiger partial charge in [-0.25, -0.2) is 8.42 Å². The number of rotatable bonds is 5. The molecule has 0 N–H and O–H groups in total. The summed E-state index contributed by atoms with van der Waals surface area (Å²) in [5, 5.41) is 0. The molecule has 3 aliphatic heterocycles. The van der Waals surface area contributed by atoms with Gasteiger partial charge in [-0.05, 0) is 39.8 Å². The zero-order valence-corrected chi connectivity index (χ0v) is 17.9. The Morgan fingerprint density at radius 2 is 1.34 bits per heavy atom. The molecule has 29 heavy (non-hydrogen) atoms. The molecule has 162 valence electrons. The van der Waals surface area contributed by atoms with Crippen LogP contribution in [0.25, 0.3) is 0 Å². The molecule has 0 saturated carbocycles. The van der Waals surface area contributed by atoms with E-state index in [-0.39, 0.29) is 10.6 Å². The maximum atomic E-state index is 12.8. The van der Waals surface area contributed by atoms with Gasteiger partial charge in [0, 0.05) is 0 Å². The van der Waals surface area contributed by atoms with Crippen LogP contribution in [0, 0.1) is 0 Å². The molecule has 2 unspecified atom stereocenters. The first-order chi connectivity index (χ1) is 13.5. The Bertz CT molecular complexity index is 788. The first-order valence-electron chi connectivity index (χ1n) is 9.77. The van der Waals surface area contributed by atoms with Crippen LogP contribution in [0.1, 0.15) is 27.7 Å². The van der Waals surface area contributed by atoms with Crippen molar-refractivity contribution in [1.82, 2.24) is 0 Å². The summed E-state index contributed by atoms with van der Waals surface area (Å²) in [6, 6.07) is 8.27. The summed E-state index contributed by atoms with van der Waals surface area (Å²) in [5.41, 5.74) is 0. The normalized spacial score (nSPS) is 36.5. The summed E-state index contributed by atoms with van der Waals surface area (Å²) in [5.74, 6) is -1.77. The van der Waals surface area contributed by atoms with Crippen LogP contribution < -0.4 is 0 Å². The zero-order chi connectivity index (χ0) is 20.9. The van der Waals surface area contributed by atoms with Gasteiger partial charge in [-0.2, -0.15) is 0 Å². The minimum Gasteiger partial charge on any atom is -0.348 e. The highest BCUT2D eigenvalue weighted by Crippen LogP contribution is 2.37. The summed E-state index contributed by atoms with van der Waals surface area (Å²) in [6.07, 6.45) is -2.79. The fourth-order valence-electron chi connectivity index (χ4n) is 3.87. The van der Waals surface area contributed by atoms with E-state index in [4.69, 9.17) is 28.4 Å². The van der Waals surface area contributed by atoms with E-state index < -0.39 is 52.1 Å². The first kappa shape index (κ1) is 21.2. The maximum Gasteiger partial charge on any atom is 0.183 e. The molecule has 0 spiro atoms. The van der Waals surface area contributed by atoms with E-state index in [0.29, 0.717) is 13.2 Å². The number of benzene rings is 1. The van der Waals surface area contributed by atoms with Crippen LogP contribution in [0.4, 0.5) is 0 Å². The van der Waals surface area contributed by atoms with Crippen molar-refractivity contribution >= 4 is 9.84 Å². The second kappa shape index (κ2) is 7.56. The van der Waals surface area contributed by atoms with Gasteiger partial charge in [0.05, 0.1) is 18.1 Å². The fourth-order valence-corrected chi connectivity index (χ4v) is 5.15. The highest BCUT2D eigenvalue weighted by molar-refractivity contribution is 7.91. The van der Waals surface area contributed by atoms with E-state index in [1.54, 1.807) is 30.3 Å². The Labute approximate surface area is 171 Å². The summed E-state index contributed by atoms with van der Waals surface area (Å²) in [4.78, 5) is 0.232. The van der Waals surface area contributed by atoms with Crippen LogP contribution in [-0.2, 0) is 38.3 Å². The summed E-state index contributed by atoms with van der Waals surface area (Å²) >= 11 is 0. The Balaban J connectivity index is 1.52. The van der Waals surface area contributed by atoms with E-state index in [2.05, 4.69) is 0 Å². The quantitative estimate of drug-likeness (QED) is 0.702. The van der Waals surface area contributed by atoms with Gasteiger partial charge in [-0.15, -0.1) is 0 Å². The molecule has 4 atom stereocenters.